The number of hydrogen-bond acceptors (Lipinski definition) is 3. The molecule has 2 N–H and O–H groups in total. The van der Waals surface area contributed by atoms with Crippen LogP contribution in [0.3, 0.4) is 0 Å². The number of benzene rings is 2. The van der Waals surface area contributed by atoms with Crippen LogP contribution in [0.4, 0.5) is 0 Å². The Hall–Kier alpha value is -1.65. The standard InChI is InChI=1S/C17H21NO2S/c1-13(2)21(19,20)17(15-11-7-4-8-12-15)16(18)14-9-5-3-6-10-14/h3-13,16-17H,18H2,1-2H3. The molecule has 2 unspecified atom stereocenters. The van der Waals surface area contributed by atoms with Crippen molar-refractivity contribution in [3.8, 4) is 0 Å². The van der Waals surface area contributed by atoms with E-state index in [1.54, 1.807) is 13.8 Å². The van der Waals surface area contributed by atoms with Crippen molar-refractivity contribution in [2.45, 2.75) is 30.4 Å². The molecule has 0 heterocycles. The van der Waals surface area contributed by atoms with Crippen molar-refractivity contribution in [3.05, 3.63) is 71.8 Å². The van der Waals surface area contributed by atoms with Gasteiger partial charge in [-0.3, -0.25) is 0 Å². The first-order valence-corrected chi connectivity index (χ1v) is 8.63. The Morgan fingerprint density at radius 2 is 1.24 bits per heavy atom. The highest BCUT2D eigenvalue weighted by molar-refractivity contribution is 7.92. The lowest BCUT2D eigenvalue weighted by Crippen LogP contribution is -2.31. The van der Waals surface area contributed by atoms with E-state index in [9.17, 15) is 8.42 Å². The lowest BCUT2D eigenvalue weighted by atomic mass is 9.99. The minimum Gasteiger partial charge on any atom is -0.323 e. The molecule has 2 rings (SSSR count). The third-order valence-corrected chi connectivity index (χ3v) is 6.24. The fourth-order valence-electron chi connectivity index (χ4n) is 2.39. The molecule has 0 aliphatic carbocycles. The zero-order valence-electron chi connectivity index (χ0n) is 12.3. The van der Waals surface area contributed by atoms with Gasteiger partial charge >= 0.3 is 0 Å². The van der Waals surface area contributed by atoms with Crippen molar-refractivity contribution >= 4 is 9.84 Å². The maximum atomic E-state index is 12.8. The number of rotatable bonds is 5. The molecule has 2 atom stereocenters. The molecular formula is C17H21NO2S. The summed E-state index contributed by atoms with van der Waals surface area (Å²) in [6.07, 6.45) is 0. The van der Waals surface area contributed by atoms with Crippen LogP contribution >= 0.6 is 0 Å². The Bertz CT molecular complexity index is 666. The minimum absolute atomic E-state index is 0.475. The fourth-order valence-corrected chi connectivity index (χ4v) is 4.08. The SMILES string of the molecule is CC(C)S(=O)(=O)C(c1ccccc1)C(N)c1ccccc1. The third-order valence-electron chi connectivity index (χ3n) is 3.65. The van der Waals surface area contributed by atoms with Crippen molar-refractivity contribution in [1.29, 1.82) is 0 Å². The highest BCUT2D eigenvalue weighted by Gasteiger charge is 2.35. The average Bonchev–Trinajstić information content (AvgIpc) is 2.49. The van der Waals surface area contributed by atoms with Crippen molar-refractivity contribution in [2.75, 3.05) is 0 Å². The molecule has 0 radical (unpaired) electrons. The molecule has 3 nitrogen and oxygen atoms in total. The molecule has 2 aromatic carbocycles. The van der Waals surface area contributed by atoms with E-state index < -0.39 is 26.4 Å². The van der Waals surface area contributed by atoms with Gasteiger partial charge in [0, 0.05) is 0 Å². The monoisotopic (exact) mass is 303 g/mol. The van der Waals surface area contributed by atoms with Gasteiger partial charge in [-0.25, -0.2) is 8.42 Å². The van der Waals surface area contributed by atoms with E-state index >= 15 is 0 Å². The quantitative estimate of drug-likeness (QED) is 0.922. The van der Waals surface area contributed by atoms with Gasteiger partial charge < -0.3 is 5.73 Å². The molecule has 2 aromatic rings. The molecule has 4 heteroatoms. The molecule has 0 saturated heterocycles. The second-order valence-electron chi connectivity index (χ2n) is 5.41. The number of nitrogens with two attached hydrogens (primary N) is 1. The first kappa shape index (κ1) is 15.7. The van der Waals surface area contributed by atoms with Crippen LogP contribution in [0, 0.1) is 0 Å². The smallest absolute Gasteiger partial charge is 0.161 e. The number of sulfone groups is 1. The van der Waals surface area contributed by atoms with Gasteiger partial charge in [0.2, 0.25) is 0 Å². The molecule has 0 aliphatic heterocycles. The van der Waals surface area contributed by atoms with Crippen molar-refractivity contribution < 1.29 is 8.42 Å². The Morgan fingerprint density at radius 3 is 1.67 bits per heavy atom. The van der Waals surface area contributed by atoms with Crippen molar-refractivity contribution in [3.63, 3.8) is 0 Å². The van der Waals surface area contributed by atoms with Crippen LogP contribution in [-0.4, -0.2) is 13.7 Å². The van der Waals surface area contributed by atoms with Gasteiger partial charge in [-0.05, 0) is 25.0 Å². The maximum absolute atomic E-state index is 12.8. The summed E-state index contributed by atoms with van der Waals surface area (Å²) in [5, 5.41) is -1.21. The molecule has 0 amide bonds. The summed E-state index contributed by atoms with van der Waals surface area (Å²) in [5.74, 6) is 0. The van der Waals surface area contributed by atoms with Crippen LogP contribution in [0.1, 0.15) is 36.3 Å². The van der Waals surface area contributed by atoms with Crippen LogP contribution in [-0.2, 0) is 9.84 Å². The summed E-state index contributed by atoms with van der Waals surface area (Å²) in [7, 11) is -3.36. The lowest BCUT2D eigenvalue weighted by Gasteiger charge is -2.26. The van der Waals surface area contributed by atoms with Crippen molar-refractivity contribution in [1.82, 2.24) is 0 Å². The van der Waals surface area contributed by atoms with Crippen molar-refractivity contribution in [2.24, 2.45) is 5.73 Å². The molecule has 112 valence electrons. The summed E-state index contributed by atoms with van der Waals surface area (Å²) in [5.41, 5.74) is 7.88. The summed E-state index contributed by atoms with van der Waals surface area (Å²) in [6, 6.07) is 18.0. The largest absolute Gasteiger partial charge is 0.323 e. The Morgan fingerprint density at radius 1 is 0.810 bits per heavy atom. The second kappa shape index (κ2) is 6.41. The zero-order chi connectivity index (χ0) is 15.5. The van der Waals surface area contributed by atoms with E-state index in [0.29, 0.717) is 0 Å². The first-order valence-electron chi connectivity index (χ1n) is 7.02. The van der Waals surface area contributed by atoms with Crippen LogP contribution in [0.25, 0.3) is 0 Å². The molecule has 0 fully saturated rings. The molecule has 0 spiro atoms. The van der Waals surface area contributed by atoms with Gasteiger partial charge in [0.25, 0.3) is 0 Å². The van der Waals surface area contributed by atoms with Gasteiger partial charge in [-0.2, -0.15) is 0 Å². The van der Waals surface area contributed by atoms with Gasteiger partial charge in [0.15, 0.2) is 9.84 Å². The fraction of sp³-hybridized carbons (Fsp3) is 0.294. The Balaban J connectivity index is 2.52. The predicted molar refractivity (Wildman–Crippen MR) is 86.6 cm³/mol. The maximum Gasteiger partial charge on any atom is 0.161 e. The second-order valence-corrected chi connectivity index (χ2v) is 8.03. The molecule has 0 aromatic heterocycles. The summed E-state index contributed by atoms with van der Waals surface area (Å²) < 4.78 is 25.5. The third kappa shape index (κ3) is 3.34. The van der Waals surface area contributed by atoms with Gasteiger partial charge in [0.1, 0.15) is 5.25 Å². The van der Waals surface area contributed by atoms with E-state index in [-0.39, 0.29) is 0 Å². The van der Waals surface area contributed by atoms with E-state index in [2.05, 4.69) is 0 Å². The number of hydrogen-bond donors (Lipinski definition) is 1. The van der Waals surface area contributed by atoms with Crippen LogP contribution in [0.15, 0.2) is 60.7 Å². The molecule has 0 saturated carbocycles. The summed E-state index contributed by atoms with van der Waals surface area (Å²) in [6.45, 7) is 3.39. The Kier molecular flexibility index (Phi) is 4.80. The molecular weight excluding hydrogens is 282 g/mol. The molecule has 21 heavy (non-hydrogen) atoms. The van der Waals surface area contributed by atoms with E-state index in [1.807, 2.05) is 60.7 Å². The first-order chi connectivity index (χ1) is 9.94. The average molecular weight is 303 g/mol. The van der Waals surface area contributed by atoms with E-state index in [4.69, 9.17) is 5.73 Å². The zero-order valence-corrected chi connectivity index (χ0v) is 13.1. The highest BCUT2D eigenvalue weighted by atomic mass is 32.2. The highest BCUT2D eigenvalue weighted by Crippen LogP contribution is 2.36. The molecule has 0 aliphatic rings. The predicted octanol–water partition coefficient (Wildman–Crippen LogP) is 3.25. The minimum atomic E-state index is -3.36. The normalized spacial score (nSPS) is 14.9. The molecule has 0 bridgehead atoms. The van der Waals surface area contributed by atoms with E-state index in [1.165, 1.54) is 0 Å². The van der Waals surface area contributed by atoms with Crippen LogP contribution < -0.4 is 5.73 Å². The Labute approximate surface area is 126 Å². The topological polar surface area (TPSA) is 60.2 Å². The van der Waals surface area contributed by atoms with Gasteiger partial charge in [-0.1, -0.05) is 60.7 Å². The lowest BCUT2D eigenvalue weighted by molar-refractivity contribution is 0.552. The summed E-state index contributed by atoms with van der Waals surface area (Å²) in [4.78, 5) is 0. The van der Waals surface area contributed by atoms with Gasteiger partial charge in [0.05, 0.1) is 11.3 Å². The van der Waals surface area contributed by atoms with E-state index in [0.717, 1.165) is 11.1 Å². The summed E-state index contributed by atoms with van der Waals surface area (Å²) >= 11 is 0. The van der Waals surface area contributed by atoms with Gasteiger partial charge in [-0.15, -0.1) is 0 Å². The van der Waals surface area contributed by atoms with Crippen LogP contribution in [0.5, 0.6) is 0 Å². The van der Waals surface area contributed by atoms with Crippen LogP contribution in [0.2, 0.25) is 0 Å².